The molecule has 1 fully saturated rings. The molecule has 2 aromatic carbocycles. The highest BCUT2D eigenvalue weighted by Crippen LogP contribution is 2.38. The Morgan fingerprint density at radius 1 is 1.00 bits per heavy atom. The van der Waals surface area contributed by atoms with Gasteiger partial charge in [-0.25, -0.2) is 4.68 Å². The first kappa shape index (κ1) is 17.8. The van der Waals surface area contributed by atoms with E-state index in [2.05, 4.69) is 52.6 Å². The van der Waals surface area contributed by atoms with E-state index < -0.39 is 0 Å². The van der Waals surface area contributed by atoms with Crippen LogP contribution in [0.4, 0.5) is 0 Å². The summed E-state index contributed by atoms with van der Waals surface area (Å²) in [5.41, 5.74) is 4.30. The highest BCUT2D eigenvalue weighted by Gasteiger charge is 2.29. The van der Waals surface area contributed by atoms with Gasteiger partial charge < -0.3 is 4.52 Å². The van der Waals surface area contributed by atoms with Gasteiger partial charge in [0.15, 0.2) is 5.82 Å². The first-order valence-corrected chi connectivity index (χ1v) is 9.96. The van der Waals surface area contributed by atoms with Crippen LogP contribution in [-0.2, 0) is 13.1 Å². The van der Waals surface area contributed by atoms with Gasteiger partial charge in [-0.2, -0.15) is 10.1 Å². The van der Waals surface area contributed by atoms with Crippen molar-refractivity contribution in [2.75, 3.05) is 7.05 Å². The van der Waals surface area contributed by atoms with Crippen molar-refractivity contribution in [3.8, 4) is 16.9 Å². The Hall–Kier alpha value is -3.25. The lowest BCUT2D eigenvalue weighted by atomic mass is 10.1. The SMILES string of the molecule is CN(Cc1nc(C2CC2)no1)Cc1cn(-c2ccccc2)nc1-c1ccccc1. The van der Waals surface area contributed by atoms with Crippen molar-refractivity contribution in [3.63, 3.8) is 0 Å². The lowest BCUT2D eigenvalue weighted by Gasteiger charge is -2.13. The molecule has 1 aliphatic carbocycles. The zero-order valence-electron chi connectivity index (χ0n) is 16.4. The molecule has 0 N–H and O–H groups in total. The van der Waals surface area contributed by atoms with Gasteiger partial charge in [0.2, 0.25) is 5.89 Å². The van der Waals surface area contributed by atoms with Gasteiger partial charge >= 0.3 is 0 Å². The Morgan fingerprint density at radius 3 is 2.45 bits per heavy atom. The zero-order chi connectivity index (χ0) is 19.6. The van der Waals surface area contributed by atoms with Gasteiger partial charge in [-0.3, -0.25) is 4.90 Å². The van der Waals surface area contributed by atoms with Crippen LogP contribution in [0.3, 0.4) is 0 Å². The third-order valence-corrected chi connectivity index (χ3v) is 5.13. The molecule has 2 heterocycles. The predicted octanol–water partition coefficient (Wildman–Crippen LogP) is 4.43. The van der Waals surface area contributed by atoms with E-state index in [1.807, 2.05) is 41.1 Å². The maximum absolute atomic E-state index is 5.44. The summed E-state index contributed by atoms with van der Waals surface area (Å²) in [7, 11) is 2.07. The van der Waals surface area contributed by atoms with E-state index in [0.717, 1.165) is 34.9 Å². The minimum Gasteiger partial charge on any atom is -0.338 e. The number of benzene rings is 2. The first-order chi connectivity index (χ1) is 14.3. The number of hydrogen-bond acceptors (Lipinski definition) is 5. The summed E-state index contributed by atoms with van der Waals surface area (Å²) in [4.78, 5) is 6.73. The highest BCUT2D eigenvalue weighted by molar-refractivity contribution is 5.63. The van der Waals surface area contributed by atoms with Crippen LogP contribution in [0.25, 0.3) is 16.9 Å². The average Bonchev–Trinajstić information content (AvgIpc) is 3.36. The molecule has 0 amide bonds. The van der Waals surface area contributed by atoms with Crippen LogP contribution in [-0.4, -0.2) is 31.9 Å². The van der Waals surface area contributed by atoms with Crippen molar-refractivity contribution in [2.45, 2.75) is 31.8 Å². The Bertz CT molecular complexity index is 1080. The van der Waals surface area contributed by atoms with Crippen molar-refractivity contribution in [2.24, 2.45) is 0 Å². The summed E-state index contributed by atoms with van der Waals surface area (Å²) in [6.07, 6.45) is 4.46. The second-order valence-corrected chi connectivity index (χ2v) is 7.64. The third kappa shape index (κ3) is 3.98. The molecule has 0 unspecified atom stereocenters. The molecule has 5 rings (SSSR count). The highest BCUT2D eigenvalue weighted by atomic mass is 16.5. The molecule has 0 saturated heterocycles. The van der Waals surface area contributed by atoms with Crippen LogP contribution in [0.1, 0.15) is 36.0 Å². The summed E-state index contributed by atoms with van der Waals surface area (Å²) < 4.78 is 7.39. The molecule has 0 spiro atoms. The van der Waals surface area contributed by atoms with Crippen LogP contribution in [0.2, 0.25) is 0 Å². The van der Waals surface area contributed by atoms with Gasteiger partial charge in [0.1, 0.15) is 0 Å². The molecule has 1 aliphatic rings. The maximum Gasteiger partial charge on any atom is 0.240 e. The van der Waals surface area contributed by atoms with E-state index in [0.29, 0.717) is 18.4 Å². The van der Waals surface area contributed by atoms with E-state index in [1.54, 1.807) is 0 Å². The van der Waals surface area contributed by atoms with E-state index in [9.17, 15) is 0 Å². The molecular weight excluding hydrogens is 362 g/mol. The van der Waals surface area contributed by atoms with Crippen molar-refractivity contribution in [3.05, 3.63) is 84.1 Å². The summed E-state index contributed by atoms with van der Waals surface area (Å²) in [5.74, 6) is 2.04. The van der Waals surface area contributed by atoms with Gasteiger partial charge in [-0.15, -0.1) is 0 Å². The number of aromatic nitrogens is 4. The van der Waals surface area contributed by atoms with E-state index in [4.69, 9.17) is 9.62 Å². The topological polar surface area (TPSA) is 60.0 Å². The van der Waals surface area contributed by atoms with E-state index >= 15 is 0 Å². The Labute approximate surface area is 169 Å². The standard InChI is InChI=1S/C23H23N5O/c1-27(16-21-24-23(26-29-21)18-12-13-18)14-19-15-28(20-10-6-3-7-11-20)25-22(19)17-8-4-2-5-9-17/h2-11,15,18H,12-14,16H2,1H3. The van der Waals surface area contributed by atoms with Crippen molar-refractivity contribution in [1.29, 1.82) is 0 Å². The second kappa shape index (κ2) is 7.64. The monoisotopic (exact) mass is 385 g/mol. The largest absolute Gasteiger partial charge is 0.338 e. The zero-order valence-corrected chi connectivity index (χ0v) is 16.4. The van der Waals surface area contributed by atoms with Gasteiger partial charge in [0.25, 0.3) is 0 Å². The van der Waals surface area contributed by atoms with Crippen molar-refractivity contribution < 1.29 is 4.52 Å². The fourth-order valence-electron chi connectivity index (χ4n) is 3.49. The third-order valence-electron chi connectivity index (χ3n) is 5.13. The first-order valence-electron chi connectivity index (χ1n) is 9.96. The van der Waals surface area contributed by atoms with Gasteiger partial charge in [0, 0.05) is 29.8 Å². The minimum atomic E-state index is 0.506. The molecule has 0 bridgehead atoms. The lowest BCUT2D eigenvalue weighted by molar-refractivity contribution is 0.260. The van der Waals surface area contributed by atoms with Crippen LogP contribution in [0.15, 0.2) is 71.4 Å². The smallest absolute Gasteiger partial charge is 0.240 e. The molecule has 6 nitrogen and oxygen atoms in total. The fraction of sp³-hybridized carbons (Fsp3) is 0.261. The summed E-state index contributed by atoms with van der Waals surface area (Å²) in [5, 5.41) is 9.00. The van der Waals surface area contributed by atoms with Crippen molar-refractivity contribution >= 4 is 0 Å². The number of hydrogen-bond donors (Lipinski definition) is 0. The second-order valence-electron chi connectivity index (χ2n) is 7.64. The van der Waals surface area contributed by atoms with Gasteiger partial charge in [-0.1, -0.05) is 53.7 Å². The molecule has 0 atom stereocenters. The summed E-state index contributed by atoms with van der Waals surface area (Å²) >= 11 is 0. The molecule has 4 aromatic rings. The number of para-hydroxylation sites is 1. The Balaban J connectivity index is 1.40. The summed E-state index contributed by atoms with van der Waals surface area (Å²) in [6.45, 7) is 1.35. The molecule has 2 aromatic heterocycles. The van der Waals surface area contributed by atoms with E-state index in [-0.39, 0.29) is 0 Å². The lowest BCUT2D eigenvalue weighted by Crippen LogP contribution is -2.17. The van der Waals surface area contributed by atoms with Crippen molar-refractivity contribution in [1.82, 2.24) is 24.8 Å². The van der Waals surface area contributed by atoms with Gasteiger partial charge in [0.05, 0.1) is 17.9 Å². The number of nitrogens with zero attached hydrogens (tertiary/aromatic N) is 5. The predicted molar refractivity (Wildman–Crippen MR) is 110 cm³/mol. The average molecular weight is 385 g/mol. The fourth-order valence-corrected chi connectivity index (χ4v) is 3.49. The molecule has 29 heavy (non-hydrogen) atoms. The molecule has 6 heteroatoms. The maximum atomic E-state index is 5.44. The normalized spacial score (nSPS) is 13.9. The Kier molecular flexibility index (Phi) is 4.69. The quantitative estimate of drug-likeness (QED) is 0.471. The summed E-state index contributed by atoms with van der Waals surface area (Å²) in [6, 6.07) is 20.5. The molecule has 0 radical (unpaired) electrons. The van der Waals surface area contributed by atoms with Gasteiger partial charge in [-0.05, 0) is 32.0 Å². The number of rotatable bonds is 7. The Morgan fingerprint density at radius 2 is 1.72 bits per heavy atom. The molecule has 1 saturated carbocycles. The molecule has 0 aliphatic heterocycles. The minimum absolute atomic E-state index is 0.506. The van der Waals surface area contributed by atoms with Crippen LogP contribution < -0.4 is 0 Å². The van der Waals surface area contributed by atoms with Crippen LogP contribution >= 0.6 is 0 Å². The van der Waals surface area contributed by atoms with Crippen LogP contribution in [0.5, 0.6) is 0 Å². The van der Waals surface area contributed by atoms with Crippen LogP contribution in [0, 0.1) is 0 Å². The molecule has 146 valence electrons. The molecular formula is C23H23N5O. The van der Waals surface area contributed by atoms with E-state index in [1.165, 1.54) is 12.8 Å².